The Morgan fingerprint density at radius 1 is 1.19 bits per heavy atom. The molecule has 0 fully saturated rings. The Hall–Kier alpha value is -1.75. The lowest BCUT2D eigenvalue weighted by atomic mass is 9.94. The fraction of sp³-hybridized carbons (Fsp3) is 0.500. The van der Waals surface area contributed by atoms with E-state index in [1.165, 1.54) is 12.1 Å². The zero-order valence-corrected chi connectivity index (χ0v) is 12.9. The maximum atomic E-state index is 13.0. The lowest BCUT2D eigenvalue weighted by Gasteiger charge is -2.18. The number of rotatable bonds is 7. The van der Waals surface area contributed by atoms with E-state index in [2.05, 4.69) is 29.5 Å². The Morgan fingerprint density at radius 3 is 2.48 bits per heavy atom. The van der Waals surface area contributed by atoms with E-state index in [9.17, 15) is 4.39 Å². The number of hydrogen-bond donors (Lipinski definition) is 1. The van der Waals surface area contributed by atoms with Gasteiger partial charge < -0.3 is 5.32 Å². The summed E-state index contributed by atoms with van der Waals surface area (Å²) in [5.74, 6) is 0.221. The molecule has 0 amide bonds. The summed E-state index contributed by atoms with van der Waals surface area (Å²) in [6.07, 6.45) is 3.72. The molecule has 1 heterocycles. The first-order valence-corrected chi connectivity index (χ1v) is 7.36. The van der Waals surface area contributed by atoms with E-state index in [1.54, 1.807) is 4.68 Å². The standard InChI is InChI=1S/C16H23FN4/c1-12(2)18-10-14(9-16-11-21(3)20-19-16)8-13-4-6-15(17)7-5-13/h4-7,11-12,14,18H,8-10H2,1-3H3. The summed E-state index contributed by atoms with van der Waals surface area (Å²) >= 11 is 0. The van der Waals surface area contributed by atoms with E-state index >= 15 is 0 Å². The van der Waals surface area contributed by atoms with Crippen molar-refractivity contribution in [2.24, 2.45) is 13.0 Å². The molecule has 1 atom stereocenters. The van der Waals surface area contributed by atoms with E-state index in [4.69, 9.17) is 0 Å². The summed E-state index contributed by atoms with van der Waals surface area (Å²) in [7, 11) is 1.87. The number of nitrogens with one attached hydrogen (secondary N) is 1. The maximum Gasteiger partial charge on any atom is 0.123 e. The minimum atomic E-state index is -0.190. The number of aromatic nitrogens is 3. The fourth-order valence-electron chi connectivity index (χ4n) is 2.36. The third-order valence-electron chi connectivity index (χ3n) is 3.40. The minimum Gasteiger partial charge on any atom is -0.314 e. The second-order valence-corrected chi connectivity index (χ2v) is 5.85. The molecule has 0 aliphatic rings. The van der Waals surface area contributed by atoms with Crippen molar-refractivity contribution in [1.29, 1.82) is 0 Å². The molecule has 5 heteroatoms. The van der Waals surface area contributed by atoms with Crippen molar-refractivity contribution in [3.05, 3.63) is 47.5 Å². The molecule has 0 bridgehead atoms. The first kappa shape index (κ1) is 15.6. The van der Waals surface area contributed by atoms with Gasteiger partial charge in [-0.3, -0.25) is 4.68 Å². The van der Waals surface area contributed by atoms with Crippen molar-refractivity contribution in [3.63, 3.8) is 0 Å². The normalized spacial score (nSPS) is 12.8. The van der Waals surface area contributed by atoms with Crippen molar-refractivity contribution in [3.8, 4) is 0 Å². The quantitative estimate of drug-likeness (QED) is 0.851. The van der Waals surface area contributed by atoms with Gasteiger partial charge in [-0.25, -0.2) is 4.39 Å². The molecule has 1 aromatic heterocycles. The van der Waals surface area contributed by atoms with E-state index in [0.717, 1.165) is 30.6 Å². The van der Waals surface area contributed by atoms with Crippen LogP contribution in [-0.2, 0) is 19.9 Å². The van der Waals surface area contributed by atoms with E-state index < -0.39 is 0 Å². The van der Waals surface area contributed by atoms with E-state index in [0.29, 0.717) is 12.0 Å². The minimum absolute atomic E-state index is 0.190. The van der Waals surface area contributed by atoms with Gasteiger partial charge in [-0.15, -0.1) is 5.10 Å². The lowest BCUT2D eigenvalue weighted by Crippen LogP contribution is -2.31. The zero-order chi connectivity index (χ0) is 15.2. The number of nitrogens with zero attached hydrogens (tertiary/aromatic N) is 3. The number of halogens is 1. The average molecular weight is 290 g/mol. The molecule has 0 aliphatic heterocycles. The highest BCUT2D eigenvalue weighted by Crippen LogP contribution is 2.14. The second-order valence-electron chi connectivity index (χ2n) is 5.85. The lowest BCUT2D eigenvalue weighted by molar-refractivity contribution is 0.440. The average Bonchev–Trinajstić information content (AvgIpc) is 2.84. The monoisotopic (exact) mass is 290 g/mol. The Kier molecular flexibility index (Phi) is 5.44. The smallest absolute Gasteiger partial charge is 0.123 e. The predicted molar refractivity (Wildman–Crippen MR) is 81.4 cm³/mol. The maximum absolute atomic E-state index is 13.0. The summed E-state index contributed by atoms with van der Waals surface area (Å²) in [6.45, 7) is 5.18. The summed E-state index contributed by atoms with van der Waals surface area (Å²) in [4.78, 5) is 0. The summed E-state index contributed by atoms with van der Waals surface area (Å²) in [5.41, 5.74) is 2.14. The van der Waals surface area contributed by atoms with Gasteiger partial charge in [0.05, 0.1) is 5.69 Å². The van der Waals surface area contributed by atoms with Gasteiger partial charge >= 0.3 is 0 Å². The number of benzene rings is 1. The van der Waals surface area contributed by atoms with Gasteiger partial charge in [0, 0.05) is 19.3 Å². The van der Waals surface area contributed by atoms with Gasteiger partial charge in [-0.2, -0.15) is 0 Å². The van der Waals surface area contributed by atoms with Gasteiger partial charge in [0.25, 0.3) is 0 Å². The van der Waals surface area contributed by atoms with Crippen LogP contribution < -0.4 is 5.32 Å². The van der Waals surface area contributed by atoms with Crippen LogP contribution in [0.15, 0.2) is 30.5 Å². The van der Waals surface area contributed by atoms with Gasteiger partial charge in [0.15, 0.2) is 0 Å². The molecule has 0 spiro atoms. The van der Waals surface area contributed by atoms with Gasteiger partial charge in [0.1, 0.15) is 5.82 Å². The molecule has 21 heavy (non-hydrogen) atoms. The van der Waals surface area contributed by atoms with Crippen LogP contribution in [0.1, 0.15) is 25.1 Å². The topological polar surface area (TPSA) is 42.7 Å². The van der Waals surface area contributed by atoms with Crippen LogP contribution in [0, 0.1) is 11.7 Å². The van der Waals surface area contributed by atoms with Crippen molar-refractivity contribution in [1.82, 2.24) is 20.3 Å². The number of aryl methyl sites for hydroxylation is 1. The van der Waals surface area contributed by atoms with Crippen LogP contribution >= 0.6 is 0 Å². The number of hydrogen-bond acceptors (Lipinski definition) is 3. The molecule has 114 valence electrons. The van der Waals surface area contributed by atoms with Crippen LogP contribution in [0.25, 0.3) is 0 Å². The molecule has 0 saturated carbocycles. The Morgan fingerprint density at radius 2 is 1.90 bits per heavy atom. The van der Waals surface area contributed by atoms with Crippen LogP contribution in [0.3, 0.4) is 0 Å². The van der Waals surface area contributed by atoms with E-state index in [1.807, 2.05) is 25.4 Å². The van der Waals surface area contributed by atoms with Gasteiger partial charge in [0.2, 0.25) is 0 Å². The summed E-state index contributed by atoms with van der Waals surface area (Å²) in [6, 6.07) is 7.19. The third-order valence-corrected chi connectivity index (χ3v) is 3.40. The van der Waals surface area contributed by atoms with Crippen LogP contribution in [0.2, 0.25) is 0 Å². The van der Waals surface area contributed by atoms with Crippen LogP contribution in [0.4, 0.5) is 4.39 Å². The van der Waals surface area contributed by atoms with E-state index in [-0.39, 0.29) is 5.82 Å². The van der Waals surface area contributed by atoms with Crippen molar-refractivity contribution in [2.45, 2.75) is 32.7 Å². The SMILES string of the molecule is CC(C)NCC(Cc1ccc(F)cc1)Cc1cn(C)nn1. The molecule has 1 unspecified atom stereocenters. The predicted octanol–water partition coefficient (Wildman–Crippen LogP) is 2.35. The molecule has 2 rings (SSSR count). The molecule has 2 aromatic rings. The Balaban J connectivity index is 2.02. The molecular formula is C16H23FN4. The molecule has 0 saturated heterocycles. The zero-order valence-electron chi connectivity index (χ0n) is 12.9. The first-order chi connectivity index (χ1) is 10.0. The highest BCUT2D eigenvalue weighted by Gasteiger charge is 2.13. The molecular weight excluding hydrogens is 267 g/mol. The van der Waals surface area contributed by atoms with Crippen molar-refractivity contribution in [2.75, 3.05) is 6.54 Å². The summed E-state index contributed by atoms with van der Waals surface area (Å²) in [5, 5.41) is 11.6. The Bertz CT molecular complexity index is 548. The second kappa shape index (κ2) is 7.31. The van der Waals surface area contributed by atoms with Gasteiger partial charge in [-0.05, 0) is 43.0 Å². The largest absolute Gasteiger partial charge is 0.314 e. The molecule has 0 radical (unpaired) electrons. The third kappa shape index (κ3) is 5.27. The van der Waals surface area contributed by atoms with Gasteiger partial charge in [-0.1, -0.05) is 31.2 Å². The summed E-state index contributed by atoms with van der Waals surface area (Å²) < 4.78 is 14.7. The highest BCUT2D eigenvalue weighted by atomic mass is 19.1. The van der Waals surface area contributed by atoms with Crippen LogP contribution in [-0.4, -0.2) is 27.6 Å². The molecule has 1 aromatic carbocycles. The van der Waals surface area contributed by atoms with Crippen molar-refractivity contribution < 1.29 is 4.39 Å². The van der Waals surface area contributed by atoms with Crippen LogP contribution in [0.5, 0.6) is 0 Å². The molecule has 0 aliphatic carbocycles. The Labute approximate surface area is 125 Å². The highest BCUT2D eigenvalue weighted by molar-refractivity contribution is 5.17. The van der Waals surface area contributed by atoms with Crippen molar-refractivity contribution >= 4 is 0 Å². The fourth-order valence-corrected chi connectivity index (χ4v) is 2.36. The first-order valence-electron chi connectivity index (χ1n) is 7.36. The molecule has 4 nitrogen and oxygen atoms in total. The molecule has 1 N–H and O–H groups in total.